The van der Waals surface area contributed by atoms with Gasteiger partial charge in [0.15, 0.2) is 0 Å². The van der Waals surface area contributed by atoms with Crippen molar-refractivity contribution in [2.45, 2.75) is 6.42 Å². The predicted octanol–water partition coefficient (Wildman–Crippen LogP) is 1.20. The van der Waals surface area contributed by atoms with Crippen LogP contribution in [0.2, 0.25) is 0 Å². The summed E-state index contributed by atoms with van der Waals surface area (Å²) in [6.45, 7) is 0. The Hall–Kier alpha value is -2.30. The van der Waals surface area contributed by atoms with Crippen LogP contribution < -0.4 is 0 Å². The maximum absolute atomic E-state index is 10.5. The van der Waals surface area contributed by atoms with Gasteiger partial charge in [0, 0.05) is 12.3 Å². The molecule has 5 heteroatoms. The molecule has 0 amide bonds. The topological polar surface area (TPSA) is 75.3 Å². The normalized spacial score (nSPS) is 10.2. The average molecular weight is 218 g/mol. The van der Waals surface area contributed by atoms with Crippen molar-refractivity contribution in [1.29, 1.82) is 0 Å². The van der Waals surface area contributed by atoms with Crippen molar-refractivity contribution in [2.75, 3.05) is 0 Å². The molecule has 0 aliphatic heterocycles. The third-order valence-corrected chi connectivity index (χ3v) is 2.10. The summed E-state index contributed by atoms with van der Waals surface area (Å²) in [5, 5.41) is 17.9. The van der Waals surface area contributed by atoms with E-state index in [1.165, 1.54) is 6.33 Å². The van der Waals surface area contributed by atoms with Crippen molar-refractivity contribution in [2.24, 2.45) is 0 Å². The van der Waals surface area contributed by atoms with Crippen LogP contribution in [0.15, 0.2) is 36.8 Å². The van der Waals surface area contributed by atoms with Gasteiger partial charge in [0.05, 0.1) is 24.1 Å². The molecule has 0 saturated heterocycles. The van der Waals surface area contributed by atoms with Crippen LogP contribution in [0.4, 0.5) is 0 Å². The molecular weight excluding hydrogens is 208 g/mol. The molecule has 1 aromatic carbocycles. The molecule has 5 nitrogen and oxygen atoms in total. The molecule has 2 aromatic rings. The molecule has 1 aromatic heterocycles. The average Bonchev–Trinajstić information content (AvgIpc) is 2.65. The number of aromatic nitrogens is 2. The zero-order valence-electron chi connectivity index (χ0n) is 8.37. The molecule has 1 heterocycles. The molecule has 16 heavy (non-hydrogen) atoms. The number of imidazole rings is 1. The molecule has 0 fully saturated rings. The van der Waals surface area contributed by atoms with Gasteiger partial charge in [-0.1, -0.05) is 6.07 Å². The van der Waals surface area contributed by atoms with E-state index in [1.54, 1.807) is 35.0 Å². The van der Waals surface area contributed by atoms with Crippen LogP contribution in [-0.2, 0) is 11.2 Å². The van der Waals surface area contributed by atoms with E-state index in [1.807, 2.05) is 0 Å². The van der Waals surface area contributed by atoms with Gasteiger partial charge in [0.2, 0.25) is 0 Å². The lowest BCUT2D eigenvalue weighted by atomic mass is 10.3. The van der Waals surface area contributed by atoms with Gasteiger partial charge in [-0.25, -0.2) is 4.98 Å². The highest BCUT2D eigenvalue weighted by Crippen LogP contribution is 2.15. The fourth-order valence-electron chi connectivity index (χ4n) is 1.40. The van der Waals surface area contributed by atoms with Crippen LogP contribution in [0.3, 0.4) is 0 Å². The maximum Gasteiger partial charge on any atom is 0.309 e. The predicted molar refractivity (Wildman–Crippen MR) is 56.6 cm³/mol. The number of carboxylic acid groups (broad SMARTS) is 1. The molecule has 0 unspecified atom stereocenters. The van der Waals surface area contributed by atoms with Crippen LogP contribution in [0, 0.1) is 0 Å². The fraction of sp³-hybridized carbons (Fsp3) is 0.0909. The molecule has 82 valence electrons. The summed E-state index contributed by atoms with van der Waals surface area (Å²) in [7, 11) is 0. The Labute approximate surface area is 91.6 Å². The molecule has 0 aliphatic rings. The van der Waals surface area contributed by atoms with Gasteiger partial charge >= 0.3 is 5.97 Å². The first kappa shape index (κ1) is 10.2. The molecule has 0 radical (unpaired) electrons. The van der Waals surface area contributed by atoms with E-state index in [0.717, 1.165) is 5.69 Å². The molecular formula is C11H10N2O3. The van der Waals surface area contributed by atoms with Gasteiger partial charge in [-0.05, 0) is 12.1 Å². The lowest BCUT2D eigenvalue weighted by molar-refractivity contribution is -0.136. The fourth-order valence-corrected chi connectivity index (χ4v) is 1.40. The number of rotatable bonds is 3. The minimum atomic E-state index is -0.916. The zero-order valence-corrected chi connectivity index (χ0v) is 8.37. The summed E-state index contributed by atoms with van der Waals surface area (Å²) in [6.07, 6.45) is 3.04. The van der Waals surface area contributed by atoms with Gasteiger partial charge in [-0.3, -0.25) is 4.79 Å². The number of benzene rings is 1. The summed E-state index contributed by atoms with van der Waals surface area (Å²) in [6, 6.07) is 6.65. The first-order valence-corrected chi connectivity index (χ1v) is 4.69. The Morgan fingerprint density at radius 1 is 1.44 bits per heavy atom. The number of hydrogen-bond acceptors (Lipinski definition) is 3. The van der Waals surface area contributed by atoms with Crippen molar-refractivity contribution in [1.82, 2.24) is 9.55 Å². The van der Waals surface area contributed by atoms with Gasteiger partial charge in [0.25, 0.3) is 0 Å². The van der Waals surface area contributed by atoms with Gasteiger partial charge in [-0.2, -0.15) is 0 Å². The van der Waals surface area contributed by atoms with Crippen molar-refractivity contribution in [3.63, 3.8) is 0 Å². The summed E-state index contributed by atoms with van der Waals surface area (Å²) in [5.41, 5.74) is 1.22. The highest BCUT2D eigenvalue weighted by molar-refractivity contribution is 5.69. The number of hydrogen-bond donors (Lipinski definition) is 2. The molecule has 0 aliphatic carbocycles. The van der Waals surface area contributed by atoms with Crippen molar-refractivity contribution < 1.29 is 15.0 Å². The lowest BCUT2D eigenvalue weighted by Gasteiger charge is -2.01. The quantitative estimate of drug-likeness (QED) is 0.811. The number of phenolic OH excluding ortho intramolecular Hbond substituents is 1. The van der Waals surface area contributed by atoms with E-state index in [9.17, 15) is 9.90 Å². The second-order valence-corrected chi connectivity index (χ2v) is 3.36. The molecule has 2 rings (SSSR count). The van der Waals surface area contributed by atoms with E-state index in [4.69, 9.17) is 5.11 Å². The maximum atomic E-state index is 10.5. The third kappa shape index (κ3) is 2.20. The second kappa shape index (κ2) is 4.06. The Kier molecular flexibility index (Phi) is 2.59. The minimum absolute atomic E-state index is 0.105. The smallest absolute Gasteiger partial charge is 0.309 e. The Morgan fingerprint density at radius 2 is 2.25 bits per heavy atom. The number of carboxylic acids is 1. The number of nitrogens with zero attached hydrogens (tertiary/aromatic N) is 2. The molecule has 0 spiro atoms. The van der Waals surface area contributed by atoms with Gasteiger partial charge < -0.3 is 14.8 Å². The second-order valence-electron chi connectivity index (χ2n) is 3.36. The largest absolute Gasteiger partial charge is 0.508 e. The van der Waals surface area contributed by atoms with Crippen LogP contribution in [0.1, 0.15) is 5.69 Å². The van der Waals surface area contributed by atoms with Crippen LogP contribution >= 0.6 is 0 Å². The number of aromatic hydroxyl groups is 1. The first-order valence-electron chi connectivity index (χ1n) is 4.69. The van der Waals surface area contributed by atoms with E-state index in [-0.39, 0.29) is 12.2 Å². The summed E-state index contributed by atoms with van der Waals surface area (Å²) in [4.78, 5) is 14.4. The van der Waals surface area contributed by atoms with Gasteiger partial charge in [-0.15, -0.1) is 0 Å². The molecule has 2 N–H and O–H groups in total. The number of phenols is 1. The Bertz CT molecular complexity index is 519. The number of carbonyl (C=O) groups is 1. The third-order valence-electron chi connectivity index (χ3n) is 2.10. The van der Waals surface area contributed by atoms with Gasteiger partial charge in [0.1, 0.15) is 5.75 Å². The van der Waals surface area contributed by atoms with E-state index >= 15 is 0 Å². The SMILES string of the molecule is O=C(O)Cc1cn(-c2cccc(O)c2)cn1. The number of aliphatic carboxylic acids is 1. The Morgan fingerprint density at radius 3 is 2.94 bits per heavy atom. The van der Waals surface area contributed by atoms with Crippen LogP contribution in [0.25, 0.3) is 5.69 Å². The highest BCUT2D eigenvalue weighted by atomic mass is 16.4. The summed E-state index contributed by atoms with van der Waals surface area (Å²) >= 11 is 0. The monoisotopic (exact) mass is 218 g/mol. The first-order chi connectivity index (χ1) is 7.65. The zero-order chi connectivity index (χ0) is 11.5. The van der Waals surface area contributed by atoms with Crippen LogP contribution in [-0.4, -0.2) is 25.7 Å². The van der Waals surface area contributed by atoms with Crippen molar-refractivity contribution in [3.05, 3.63) is 42.5 Å². The van der Waals surface area contributed by atoms with E-state index in [2.05, 4.69) is 4.98 Å². The summed E-state index contributed by atoms with van der Waals surface area (Å²) < 4.78 is 1.66. The molecule has 0 bridgehead atoms. The minimum Gasteiger partial charge on any atom is -0.508 e. The van der Waals surface area contributed by atoms with Crippen molar-refractivity contribution in [3.8, 4) is 11.4 Å². The summed E-state index contributed by atoms with van der Waals surface area (Å²) in [5.74, 6) is -0.757. The van der Waals surface area contributed by atoms with E-state index in [0.29, 0.717) is 5.69 Å². The van der Waals surface area contributed by atoms with Crippen molar-refractivity contribution >= 4 is 5.97 Å². The molecule has 0 saturated carbocycles. The Balaban J connectivity index is 2.28. The molecule has 0 atom stereocenters. The lowest BCUT2D eigenvalue weighted by Crippen LogP contribution is -1.99. The van der Waals surface area contributed by atoms with E-state index < -0.39 is 5.97 Å². The standard InChI is InChI=1S/C11H10N2O3/c14-10-3-1-2-9(5-10)13-6-8(12-7-13)4-11(15)16/h1-3,5-7,14H,4H2,(H,15,16). The van der Waals surface area contributed by atoms with Crippen LogP contribution in [0.5, 0.6) is 5.75 Å². The highest BCUT2D eigenvalue weighted by Gasteiger charge is 2.05.